The van der Waals surface area contributed by atoms with E-state index in [1.54, 1.807) is 11.5 Å². The monoisotopic (exact) mass is 476 g/mol. The van der Waals surface area contributed by atoms with Crippen molar-refractivity contribution < 1.29 is 27.3 Å². The summed E-state index contributed by atoms with van der Waals surface area (Å²) < 4.78 is 60.2. The predicted molar refractivity (Wildman–Crippen MR) is 122 cm³/mol. The van der Waals surface area contributed by atoms with Crippen molar-refractivity contribution in [2.24, 2.45) is 0 Å². The summed E-state index contributed by atoms with van der Waals surface area (Å²) in [5.41, 5.74) is 2.88. The van der Waals surface area contributed by atoms with Gasteiger partial charge >= 0.3 is 0 Å². The van der Waals surface area contributed by atoms with Crippen molar-refractivity contribution in [1.82, 2.24) is 10.0 Å². The van der Waals surface area contributed by atoms with Crippen molar-refractivity contribution in [1.29, 1.82) is 0 Å². The van der Waals surface area contributed by atoms with Gasteiger partial charge in [0.25, 0.3) is 0 Å². The zero-order chi connectivity index (χ0) is 23.4. The molecule has 0 aromatic heterocycles. The fourth-order valence-electron chi connectivity index (χ4n) is 4.51. The fourth-order valence-corrected chi connectivity index (χ4v) is 5.54. The van der Waals surface area contributed by atoms with Crippen molar-refractivity contribution in [3.63, 3.8) is 0 Å². The van der Waals surface area contributed by atoms with Crippen LogP contribution < -0.4 is 20.1 Å². The zero-order valence-electron chi connectivity index (χ0n) is 18.4. The van der Waals surface area contributed by atoms with E-state index in [-0.39, 0.29) is 30.0 Å². The molecule has 1 aliphatic heterocycles. The average molecular weight is 477 g/mol. The number of allylic oxidation sites excluding steroid dienone is 1. The second-order valence-corrected chi connectivity index (χ2v) is 10.0. The number of aryl methyl sites for hydroxylation is 1. The number of quaternary nitrogens is 1. The van der Waals surface area contributed by atoms with E-state index in [0.717, 1.165) is 24.5 Å². The van der Waals surface area contributed by atoms with E-state index in [0.29, 0.717) is 17.7 Å². The van der Waals surface area contributed by atoms with Gasteiger partial charge in [0.05, 0.1) is 6.20 Å². The molecule has 2 aliphatic rings. The number of hydrogen-bond acceptors (Lipinski definition) is 4. The topological polar surface area (TPSA) is 84.0 Å². The van der Waals surface area contributed by atoms with Gasteiger partial charge in [-0.1, -0.05) is 6.07 Å². The van der Waals surface area contributed by atoms with Gasteiger partial charge in [-0.2, -0.15) is 0 Å². The van der Waals surface area contributed by atoms with Gasteiger partial charge in [0.1, 0.15) is 35.1 Å². The first-order valence-corrected chi connectivity index (χ1v) is 12.4. The zero-order valence-corrected chi connectivity index (χ0v) is 19.2. The van der Waals surface area contributed by atoms with E-state index in [1.165, 1.54) is 30.0 Å². The van der Waals surface area contributed by atoms with Gasteiger partial charge < -0.3 is 10.1 Å². The molecule has 0 saturated carbocycles. The molecule has 0 bridgehead atoms. The van der Waals surface area contributed by atoms with Gasteiger partial charge in [-0.3, -0.25) is 5.32 Å². The fraction of sp³-hybridized carbons (Fsp3) is 0.333. The van der Waals surface area contributed by atoms with Gasteiger partial charge in [-0.15, -0.1) is 0 Å². The van der Waals surface area contributed by atoms with Crippen molar-refractivity contribution in [2.75, 3.05) is 20.2 Å². The van der Waals surface area contributed by atoms with E-state index < -0.39 is 21.7 Å². The molecule has 4 N–H and O–H groups in total. The molecule has 0 radical (unpaired) electrons. The van der Waals surface area contributed by atoms with Crippen molar-refractivity contribution in [2.45, 2.75) is 31.2 Å². The van der Waals surface area contributed by atoms with Crippen LogP contribution >= 0.6 is 0 Å². The highest BCUT2D eigenvalue weighted by atomic mass is 32.2. The molecule has 2 atom stereocenters. The number of nitrogens with one attached hydrogen (secondary N) is 2. The minimum Gasteiger partial charge on any atom is -0.492 e. The van der Waals surface area contributed by atoms with Crippen LogP contribution in [-0.2, 0) is 22.9 Å². The van der Waals surface area contributed by atoms with Crippen LogP contribution in [0.3, 0.4) is 0 Å². The molecule has 1 heterocycles. The first-order chi connectivity index (χ1) is 15.9. The van der Waals surface area contributed by atoms with Crippen LogP contribution in [0.15, 0.2) is 59.8 Å². The Balaban J connectivity index is 1.46. The SMILES string of the molecule is CNC1CCc2ccc(OCCNS(=O)(=O)C3=C[NH2+]C=C3)cc2C1Cc1cc(F)cc(F)c1. The molecule has 0 spiro atoms. The van der Waals surface area contributed by atoms with E-state index in [4.69, 9.17) is 4.74 Å². The molecule has 4 rings (SSSR count). The number of likely N-dealkylation sites (N-methyl/N-ethyl adjacent to an activating group) is 1. The second kappa shape index (κ2) is 10.1. The van der Waals surface area contributed by atoms with Crippen LogP contribution in [0.1, 0.15) is 29.0 Å². The smallest absolute Gasteiger partial charge is 0.246 e. The van der Waals surface area contributed by atoms with Crippen LogP contribution in [0.4, 0.5) is 8.78 Å². The molecule has 0 saturated heterocycles. The van der Waals surface area contributed by atoms with Gasteiger partial charge in [0.15, 0.2) is 0 Å². The summed E-state index contributed by atoms with van der Waals surface area (Å²) in [4.78, 5) is 0.228. The summed E-state index contributed by atoms with van der Waals surface area (Å²) in [5.74, 6) is -0.501. The molecule has 176 valence electrons. The normalized spacial score (nSPS) is 19.9. The molecular weight excluding hydrogens is 448 g/mol. The lowest BCUT2D eigenvalue weighted by molar-refractivity contribution is -0.510. The third kappa shape index (κ3) is 5.67. The highest BCUT2D eigenvalue weighted by Gasteiger charge is 2.29. The Hall–Kier alpha value is -2.59. The quantitative estimate of drug-likeness (QED) is 0.484. The Morgan fingerprint density at radius 2 is 1.94 bits per heavy atom. The molecule has 2 aromatic carbocycles. The van der Waals surface area contributed by atoms with E-state index >= 15 is 0 Å². The largest absolute Gasteiger partial charge is 0.492 e. The molecule has 2 unspecified atom stereocenters. The highest BCUT2D eigenvalue weighted by molar-refractivity contribution is 7.93. The predicted octanol–water partition coefficient (Wildman–Crippen LogP) is 2.06. The Kier molecular flexibility index (Phi) is 7.23. The van der Waals surface area contributed by atoms with Crippen LogP contribution in [0.25, 0.3) is 0 Å². The lowest BCUT2D eigenvalue weighted by Gasteiger charge is -2.34. The average Bonchev–Trinajstić information content (AvgIpc) is 3.32. The van der Waals surface area contributed by atoms with E-state index in [9.17, 15) is 17.2 Å². The summed E-state index contributed by atoms with van der Waals surface area (Å²) in [6.07, 6.45) is 7.07. The number of hydrogen-bond donors (Lipinski definition) is 3. The number of benzene rings is 2. The van der Waals surface area contributed by atoms with Crippen LogP contribution in [0, 0.1) is 11.6 Å². The summed E-state index contributed by atoms with van der Waals surface area (Å²) in [6.45, 7) is 0.309. The maximum atomic E-state index is 13.7. The van der Waals surface area contributed by atoms with E-state index in [1.807, 2.05) is 25.2 Å². The van der Waals surface area contributed by atoms with Crippen LogP contribution in [0.2, 0.25) is 0 Å². The Morgan fingerprint density at radius 1 is 1.15 bits per heavy atom. The Labute approximate surface area is 192 Å². The number of halogens is 2. The van der Waals surface area contributed by atoms with E-state index in [2.05, 4.69) is 10.0 Å². The number of nitrogens with two attached hydrogens (primary N) is 1. The molecular formula is C24H28F2N3O3S+. The van der Waals surface area contributed by atoms with Crippen molar-refractivity contribution >= 4 is 10.0 Å². The summed E-state index contributed by atoms with van der Waals surface area (Å²) in [5, 5.41) is 5.01. The number of ether oxygens (including phenoxy) is 1. The second-order valence-electron chi connectivity index (χ2n) is 8.25. The van der Waals surface area contributed by atoms with Gasteiger partial charge in [-0.25, -0.2) is 21.9 Å². The molecule has 0 fully saturated rings. The van der Waals surface area contributed by atoms with Crippen LogP contribution in [0.5, 0.6) is 5.75 Å². The minimum absolute atomic E-state index is 0.0272. The lowest BCUT2D eigenvalue weighted by Crippen LogP contribution is -2.69. The van der Waals surface area contributed by atoms with Crippen LogP contribution in [-0.4, -0.2) is 34.7 Å². The van der Waals surface area contributed by atoms with Crippen molar-refractivity contribution in [3.8, 4) is 5.75 Å². The highest BCUT2D eigenvalue weighted by Crippen LogP contribution is 2.36. The third-order valence-corrected chi connectivity index (χ3v) is 7.56. The van der Waals surface area contributed by atoms with Gasteiger partial charge in [0, 0.05) is 30.6 Å². The maximum absolute atomic E-state index is 13.7. The molecule has 1 aliphatic carbocycles. The first-order valence-electron chi connectivity index (χ1n) is 10.9. The standard InChI is InChI=1S/C24H27F2N3O3S/c1-27-24-5-3-17-2-4-20(32-9-8-29-33(30,31)21-6-7-28-15-21)14-22(17)23(24)12-16-10-18(25)13-19(26)11-16/h2,4,6-7,10-11,13-15,23-24,27-29H,3,5,8-9,12H2,1H3/p+1. The Bertz CT molecular complexity index is 1160. The van der Waals surface area contributed by atoms with Crippen molar-refractivity contribution in [3.05, 3.63) is 88.1 Å². The summed E-state index contributed by atoms with van der Waals surface area (Å²) in [6, 6.07) is 9.66. The molecule has 2 aromatic rings. The summed E-state index contributed by atoms with van der Waals surface area (Å²) >= 11 is 0. The third-order valence-electron chi connectivity index (χ3n) is 6.08. The molecule has 9 heteroatoms. The van der Waals surface area contributed by atoms with Gasteiger partial charge in [0.2, 0.25) is 10.0 Å². The molecule has 6 nitrogen and oxygen atoms in total. The Morgan fingerprint density at radius 3 is 2.64 bits per heavy atom. The number of rotatable bonds is 9. The van der Waals surface area contributed by atoms with Gasteiger partial charge in [-0.05, 0) is 67.3 Å². The first kappa shape index (κ1) is 23.6. The lowest BCUT2D eigenvalue weighted by atomic mass is 9.76. The number of sulfonamides is 1. The summed E-state index contributed by atoms with van der Waals surface area (Å²) in [7, 11) is -1.65. The molecule has 33 heavy (non-hydrogen) atoms. The maximum Gasteiger partial charge on any atom is 0.246 e. The molecule has 0 amide bonds. The minimum atomic E-state index is -3.55. The number of fused-ring (bicyclic) bond motifs is 1.